The van der Waals surface area contributed by atoms with Gasteiger partial charge in [-0.05, 0) is 56.9 Å². The van der Waals surface area contributed by atoms with Crippen LogP contribution in [0.5, 0.6) is 0 Å². The average Bonchev–Trinajstić information content (AvgIpc) is 2.54. The Bertz CT molecular complexity index is 826. The van der Waals surface area contributed by atoms with E-state index in [4.69, 9.17) is 0 Å². The van der Waals surface area contributed by atoms with Crippen molar-refractivity contribution in [3.05, 3.63) is 84.9 Å². The second kappa shape index (κ2) is 4.50. The molecule has 0 spiro atoms. The number of benzene rings is 4. The fourth-order valence-corrected chi connectivity index (χ4v) is 2.65. The first-order valence-corrected chi connectivity index (χ1v) is 6.80. The third-order valence-electron chi connectivity index (χ3n) is 3.74. The molecule has 0 aromatic heterocycles. The van der Waals surface area contributed by atoms with Crippen LogP contribution in [0.3, 0.4) is 0 Å². The van der Waals surface area contributed by atoms with E-state index in [1.165, 1.54) is 27.3 Å². The molecule has 0 heteroatoms. The van der Waals surface area contributed by atoms with E-state index in [0.717, 1.165) is 5.39 Å². The van der Waals surface area contributed by atoms with E-state index in [1.54, 1.807) is 0 Å². The van der Waals surface area contributed by atoms with Crippen molar-refractivity contribution in [1.29, 1.82) is 0 Å². The maximum Gasteiger partial charge on any atom is -0.00928 e. The van der Waals surface area contributed by atoms with Gasteiger partial charge in [0.25, 0.3) is 0 Å². The summed E-state index contributed by atoms with van der Waals surface area (Å²) in [6.45, 7) is 0. The molecule has 0 N–H and O–H groups in total. The first-order valence-electron chi connectivity index (χ1n) is 6.80. The molecule has 4 aromatic carbocycles. The first kappa shape index (κ1) is 11.2. The Labute approximate surface area is 118 Å². The Morgan fingerprint density at radius 2 is 1.25 bits per heavy atom. The van der Waals surface area contributed by atoms with E-state index in [-0.39, 0.29) is 0 Å². The summed E-state index contributed by atoms with van der Waals surface area (Å²) in [5.74, 6) is 0. The average molecular weight is 253 g/mol. The van der Waals surface area contributed by atoms with Crippen molar-refractivity contribution in [3.8, 4) is 11.1 Å². The summed E-state index contributed by atoms with van der Waals surface area (Å²) in [4.78, 5) is 0. The van der Waals surface area contributed by atoms with Gasteiger partial charge in [-0.3, -0.25) is 0 Å². The third-order valence-corrected chi connectivity index (χ3v) is 3.74. The van der Waals surface area contributed by atoms with Gasteiger partial charge >= 0.3 is 0 Å². The van der Waals surface area contributed by atoms with Crippen LogP contribution in [0.15, 0.2) is 78.9 Å². The lowest BCUT2D eigenvalue weighted by Crippen LogP contribution is -1.80. The van der Waals surface area contributed by atoms with E-state index in [9.17, 15) is 0 Å². The molecule has 0 aliphatic rings. The lowest BCUT2D eigenvalue weighted by molar-refractivity contribution is 1.67. The molecule has 0 atom stereocenters. The van der Waals surface area contributed by atoms with Gasteiger partial charge in [0, 0.05) is 0 Å². The van der Waals surface area contributed by atoms with E-state index < -0.39 is 0 Å². The standard InChI is InChI=1S/C20H13/c1-3-7-17-13-19(11-9-15(17)5-1)20-12-10-16-6-2-4-8-18(16)14-20/h1-9,11-14H. The summed E-state index contributed by atoms with van der Waals surface area (Å²) < 4.78 is 0. The zero-order valence-corrected chi connectivity index (χ0v) is 11.0. The molecule has 0 fully saturated rings. The smallest absolute Gasteiger partial charge is 0.00928 e. The number of hydrogen-bond donors (Lipinski definition) is 0. The van der Waals surface area contributed by atoms with Gasteiger partial charge in [0.1, 0.15) is 0 Å². The Kier molecular flexibility index (Phi) is 2.53. The molecule has 0 unspecified atom stereocenters. The SMILES string of the molecule is [c]1cc(-c2ccc3ccccc3c2)cc2ccccc12. The molecule has 4 aromatic rings. The molecule has 0 aliphatic heterocycles. The Morgan fingerprint density at radius 3 is 2.15 bits per heavy atom. The van der Waals surface area contributed by atoms with Crippen LogP contribution in [0.25, 0.3) is 32.7 Å². The molecular weight excluding hydrogens is 240 g/mol. The third kappa shape index (κ3) is 1.86. The van der Waals surface area contributed by atoms with Crippen molar-refractivity contribution in [3.63, 3.8) is 0 Å². The molecule has 0 aliphatic carbocycles. The predicted octanol–water partition coefficient (Wildman–Crippen LogP) is 5.46. The summed E-state index contributed by atoms with van der Waals surface area (Å²) >= 11 is 0. The molecular formula is C20H13. The van der Waals surface area contributed by atoms with Crippen LogP contribution in [0.4, 0.5) is 0 Å². The van der Waals surface area contributed by atoms with E-state index >= 15 is 0 Å². The molecule has 0 bridgehead atoms. The Morgan fingerprint density at radius 1 is 0.550 bits per heavy atom. The van der Waals surface area contributed by atoms with E-state index in [0.29, 0.717) is 0 Å². The van der Waals surface area contributed by atoms with Gasteiger partial charge in [-0.1, -0.05) is 60.7 Å². The largest absolute Gasteiger partial charge is 0.0616 e. The highest BCUT2D eigenvalue weighted by Crippen LogP contribution is 2.27. The molecule has 0 saturated heterocycles. The molecule has 93 valence electrons. The minimum absolute atomic E-state index is 1.16. The number of fused-ring (bicyclic) bond motifs is 2. The molecule has 0 amide bonds. The molecule has 0 nitrogen and oxygen atoms in total. The lowest BCUT2D eigenvalue weighted by atomic mass is 9.99. The summed E-state index contributed by atoms with van der Waals surface area (Å²) in [7, 11) is 0. The monoisotopic (exact) mass is 253 g/mol. The summed E-state index contributed by atoms with van der Waals surface area (Å²) in [6, 6.07) is 31.1. The maximum atomic E-state index is 3.37. The van der Waals surface area contributed by atoms with Gasteiger partial charge in [-0.25, -0.2) is 0 Å². The second-order valence-electron chi connectivity index (χ2n) is 5.04. The van der Waals surface area contributed by atoms with Gasteiger partial charge in [0.15, 0.2) is 0 Å². The van der Waals surface area contributed by atoms with Crippen molar-refractivity contribution < 1.29 is 0 Å². The fraction of sp³-hybridized carbons (Fsp3) is 0. The van der Waals surface area contributed by atoms with Crippen molar-refractivity contribution in [1.82, 2.24) is 0 Å². The van der Waals surface area contributed by atoms with Gasteiger partial charge in [0.05, 0.1) is 0 Å². The Balaban J connectivity index is 1.91. The fourth-order valence-electron chi connectivity index (χ4n) is 2.65. The van der Waals surface area contributed by atoms with Gasteiger partial charge in [-0.15, -0.1) is 0 Å². The minimum atomic E-state index is 1.16. The molecule has 0 saturated carbocycles. The Hall–Kier alpha value is -2.60. The summed E-state index contributed by atoms with van der Waals surface area (Å²) in [5, 5.41) is 4.95. The summed E-state index contributed by atoms with van der Waals surface area (Å²) in [5.41, 5.74) is 2.46. The van der Waals surface area contributed by atoms with Crippen molar-refractivity contribution >= 4 is 21.5 Å². The van der Waals surface area contributed by atoms with Crippen LogP contribution < -0.4 is 0 Å². The lowest BCUT2D eigenvalue weighted by Gasteiger charge is -2.05. The molecule has 0 heterocycles. The highest BCUT2D eigenvalue weighted by Gasteiger charge is 2.01. The van der Waals surface area contributed by atoms with E-state index in [2.05, 4.69) is 84.9 Å². The topological polar surface area (TPSA) is 0 Å². The van der Waals surface area contributed by atoms with Crippen LogP contribution in [0.2, 0.25) is 0 Å². The maximum absolute atomic E-state index is 3.37. The quantitative estimate of drug-likeness (QED) is 0.422. The van der Waals surface area contributed by atoms with Crippen molar-refractivity contribution in [2.24, 2.45) is 0 Å². The number of rotatable bonds is 1. The van der Waals surface area contributed by atoms with Crippen LogP contribution >= 0.6 is 0 Å². The van der Waals surface area contributed by atoms with Gasteiger partial charge < -0.3 is 0 Å². The highest BCUT2D eigenvalue weighted by atomic mass is 14.1. The predicted molar refractivity (Wildman–Crippen MR) is 85.7 cm³/mol. The van der Waals surface area contributed by atoms with Gasteiger partial charge in [0.2, 0.25) is 0 Å². The van der Waals surface area contributed by atoms with Crippen LogP contribution in [0, 0.1) is 6.07 Å². The van der Waals surface area contributed by atoms with Crippen molar-refractivity contribution in [2.45, 2.75) is 0 Å². The second-order valence-corrected chi connectivity index (χ2v) is 5.04. The van der Waals surface area contributed by atoms with Gasteiger partial charge in [-0.2, -0.15) is 0 Å². The molecule has 4 rings (SSSR count). The zero-order valence-electron chi connectivity index (χ0n) is 11.0. The van der Waals surface area contributed by atoms with Crippen LogP contribution in [-0.2, 0) is 0 Å². The van der Waals surface area contributed by atoms with Crippen LogP contribution in [0.1, 0.15) is 0 Å². The van der Waals surface area contributed by atoms with Crippen molar-refractivity contribution in [2.75, 3.05) is 0 Å². The summed E-state index contributed by atoms with van der Waals surface area (Å²) in [6.07, 6.45) is 0. The van der Waals surface area contributed by atoms with Crippen LogP contribution in [-0.4, -0.2) is 0 Å². The molecule has 20 heavy (non-hydrogen) atoms. The number of hydrogen-bond acceptors (Lipinski definition) is 0. The minimum Gasteiger partial charge on any atom is -0.0616 e. The normalized spacial score (nSPS) is 11.0. The molecule has 1 radical (unpaired) electrons. The highest BCUT2D eigenvalue weighted by molar-refractivity contribution is 5.90. The van der Waals surface area contributed by atoms with E-state index in [1.807, 2.05) is 0 Å². The first-order chi connectivity index (χ1) is 9.90. The zero-order chi connectivity index (χ0) is 13.4.